The van der Waals surface area contributed by atoms with Crippen molar-refractivity contribution in [2.75, 3.05) is 19.8 Å². The highest BCUT2D eigenvalue weighted by atomic mass is 16.7. The lowest BCUT2D eigenvalue weighted by Crippen LogP contribution is -2.59. The largest absolute Gasteiger partial charge is 0.462 e. The van der Waals surface area contributed by atoms with Crippen LogP contribution in [0.3, 0.4) is 0 Å². The average molecular weight is 721 g/mol. The lowest BCUT2D eigenvalue weighted by atomic mass is 9.99. The Balaban J connectivity index is 2.42. The normalized spacial score (nSPS) is 21.9. The lowest BCUT2D eigenvalue weighted by Gasteiger charge is -2.39. The number of esters is 2. The minimum absolute atomic E-state index is 0.211. The second-order valence-corrected chi connectivity index (χ2v) is 13.1. The number of carbonyl (C=O) groups is 2. The van der Waals surface area contributed by atoms with Gasteiger partial charge in [0, 0.05) is 12.8 Å². The molecule has 10 nitrogen and oxygen atoms in total. The van der Waals surface area contributed by atoms with Crippen LogP contribution >= 0.6 is 0 Å². The smallest absolute Gasteiger partial charge is 0.306 e. The minimum atomic E-state index is -1.60. The maximum Gasteiger partial charge on any atom is 0.306 e. The van der Waals surface area contributed by atoms with Gasteiger partial charge in [-0.2, -0.15) is 0 Å². The standard InChI is InChI=1S/C41H68O10/c1-3-5-7-9-11-13-15-16-17-18-20-21-23-25-27-29-36(43)48-32-34(33-49-41-40(47)39(46)38(45)35(31-42)51-41)50-37(44)30-28-26-24-22-19-14-12-10-8-6-4-2/h5,7,9-13,15-17,34-35,38-42,45-47H,3-4,6,8,14,18-33H2,1-2H3/b7-5+,11-9+,12-10+,15-13+,17-16+/t34-,35-,38+,39?,40?,41-/m0/s1. The van der Waals surface area contributed by atoms with E-state index in [2.05, 4.69) is 44.2 Å². The Kier molecular flexibility index (Phi) is 29.2. The Labute approximate surface area is 307 Å². The summed E-state index contributed by atoms with van der Waals surface area (Å²) in [6, 6.07) is 0. The number of carbonyl (C=O) groups excluding carboxylic acids is 2. The van der Waals surface area contributed by atoms with Crippen LogP contribution in [0.1, 0.15) is 129 Å². The third-order valence-electron chi connectivity index (χ3n) is 8.48. The number of aliphatic hydroxyl groups is 4. The van der Waals surface area contributed by atoms with Crippen molar-refractivity contribution in [2.24, 2.45) is 0 Å². The summed E-state index contributed by atoms with van der Waals surface area (Å²) in [5.41, 5.74) is 0. The van der Waals surface area contributed by atoms with Crippen molar-refractivity contribution >= 4 is 11.9 Å². The zero-order chi connectivity index (χ0) is 37.4. The van der Waals surface area contributed by atoms with Gasteiger partial charge >= 0.3 is 11.9 Å². The molecule has 0 aliphatic carbocycles. The van der Waals surface area contributed by atoms with Gasteiger partial charge in [-0.05, 0) is 51.4 Å². The van der Waals surface area contributed by atoms with E-state index in [9.17, 15) is 30.0 Å². The van der Waals surface area contributed by atoms with Gasteiger partial charge in [0.1, 0.15) is 31.0 Å². The molecule has 1 rings (SSSR count). The number of allylic oxidation sites excluding steroid dienone is 10. The van der Waals surface area contributed by atoms with Crippen LogP contribution in [-0.2, 0) is 28.5 Å². The third kappa shape index (κ3) is 24.3. The second-order valence-electron chi connectivity index (χ2n) is 13.1. The molecule has 0 aromatic rings. The SMILES string of the molecule is CC/C=C/C=C/C=C/C=C/CCCCCCCC(=O)OC[C@@H](CO[C@H]1O[C@@H](CO)[C@@H](O)C(O)C1O)OC(=O)CCCCCCC/C=C/CCCC. The fourth-order valence-electron chi connectivity index (χ4n) is 5.35. The third-order valence-corrected chi connectivity index (χ3v) is 8.48. The number of ether oxygens (including phenoxy) is 4. The van der Waals surface area contributed by atoms with Crippen LogP contribution in [0.25, 0.3) is 0 Å². The molecule has 1 aliphatic heterocycles. The number of hydrogen-bond donors (Lipinski definition) is 4. The van der Waals surface area contributed by atoms with Gasteiger partial charge in [-0.1, -0.05) is 126 Å². The van der Waals surface area contributed by atoms with Gasteiger partial charge in [-0.3, -0.25) is 9.59 Å². The molecule has 292 valence electrons. The Bertz CT molecular complexity index is 1020. The van der Waals surface area contributed by atoms with Gasteiger partial charge in [0.25, 0.3) is 0 Å². The lowest BCUT2D eigenvalue weighted by molar-refractivity contribution is -0.305. The maximum absolute atomic E-state index is 12.7. The molecule has 1 aliphatic rings. The summed E-state index contributed by atoms with van der Waals surface area (Å²) in [5, 5.41) is 39.9. The number of hydrogen-bond acceptors (Lipinski definition) is 10. The van der Waals surface area contributed by atoms with Crippen molar-refractivity contribution in [3.05, 3.63) is 60.8 Å². The first-order chi connectivity index (χ1) is 24.8. The van der Waals surface area contributed by atoms with Crippen LogP contribution in [0.15, 0.2) is 60.8 Å². The van der Waals surface area contributed by atoms with E-state index in [-0.39, 0.29) is 26.1 Å². The van der Waals surface area contributed by atoms with E-state index in [0.717, 1.165) is 77.0 Å². The molecule has 0 amide bonds. The summed E-state index contributed by atoms with van der Waals surface area (Å²) in [7, 11) is 0. The van der Waals surface area contributed by atoms with E-state index in [0.29, 0.717) is 12.8 Å². The average Bonchev–Trinajstić information content (AvgIpc) is 3.13. The summed E-state index contributed by atoms with van der Waals surface area (Å²) in [4.78, 5) is 25.2. The van der Waals surface area contributed by atoms with Crippen molar-refractivity contribution in [3.63, 3.8) is 0 Å². The number of rotatable bonds is 30. The van der Waals surface area contributed by atoms with E-state index in [1.807, 2.05) is 30.4 Å². The Morgan fingerprint density at radius 3 is 1.80 bits per heavy atom. The second kappa shape index (κ2) is 32.1. The first-order valence-electron chi connectivity index (χ1n) is 19.4. The molecule has 0 bridgehead atoms. The molecule has 1 heterocycles. The summed E-state index contributed by atoms with van der Waals surface area (Å²) < 4.78 is 22.0. The minimum Gasteiger partial charge on any atom is -0.462 e. The molecule has 1 fully saturated rings. The Morgan fingerprint density at radius 1 is 0.627 bits per heavy atom. The van der Waals surface area contributed by atoms with Gasteiger partial charge in [-0.25, -0.2) is 0 Å². The molecule has 4 N–H and O–H groups in total. The molecule has 1 saturated heterocycles. The van der Waals surface area contributed by atoms with E-state index >= 15 is 0 Å². The monoisotopic (exact) mass is 720 g/mol. The van der Waals surface area contributed by atoms with E-state index in [4.69, 9.17) is 18.9 Å². The topological polar surface area (TPSA) is 152 Å². The first kappa shape index (κ1) is 46.4. The van der Waals surface area contributed by atoms with Gasteiger partial charge in [0.05, 0.1) is 13.2 Å². The van der Waals surface area contributed by atoms with Gasteiger partial charge in [-0.15, -0.1) is 0 Å². The Morgan fingerprint density at radius 2 is 1.18 bits per heavy atom. The quantitative estimate of drug-likeness (QED) is 0.0262. The van der Waals surface area contributed by atoms with Crippen LogP contribution in [0, 0.1) is 0 Å². The molecular formula is C41H68O10. The van der Waals surface area contributed by atoms with Crippen molar-refractivity contribution in [1.82, 2.24) is 0 Å². The highest BCUT2D eigenvalue weighted by Crippen LogP contribution is 2.22. The molecule has 0 spiro atoms. The Hall–Kier alpha value is -2.60. The maximum atomic E-state index is 12.7. The van der Waals surface area contributed by atoms with E-state index in [1.165, 1.54) is 12.8 Å². The summed E-state index contributed by atoms with van der Waals surface area (Å²) >= 11 is 0. The summed E-state index contributed by atoms with van der Waals surface area (Å²) in [6.45, 7) is 3.17. The van der Waals surface area contributed by atoms with Crippen LogP contribution in [0.2, 0.25) is 0 Å². The molecule has 10 heteroatoms. The van der Waals surface area contributed by atoms with Crippen LogP contribution in [0.4, 0.5) is 0 Å². The van der Waals surface area contributed by atoms with Crippen LogP contribution in [-0.4, -0.2) is 89.0 Å². The highest BCUT2D eigenvalue weighted by Gasteiger charge is 2.44. The molecular weight excluding hydrogens is 652 g/mol. The van der Waals surface area contributed by atoms with Crippen molar-refractivity contribution in [1.29, 1.82) is 0 Å². The number of unbranched alkanes of at least 4 members (excludes halogenated alkanes) is 12. The van der Waals surface area contributed by atoms with Crippen molar-refractivity contribution < 1.29 is 49.0 Å². The summed E-state index contributed by atoms with van der Waals surface area (Å²) in [5.74, 6) is -0.854. The van der Waals surface area contributed by atoms with Crippen molar-refractivity contribution in [3.8, 4) is 0 Å². The fourth-order valence-corrected chi connectivity index (χ4v) is 5.35. The molecule has 0 aromatic carbocycles. The zero-order valence-corrected chi connectivity index (χ0v) is 31.3. The molecule has 6 atom stereocenters. The molecule has 0 radical (unpaired) electrons. The van der Waals surface area contributed by atoms with E-state index in [1.54, 1.807) is 0 Å². The van der Waals surface area contributed by atoms with Crippen molar-refractivity contribution in [2.45, 2.75) is 166 Å². The zero-order valence-electron chi connectivity index (χ0n) is 31.3. The summed E-state index contributed by atoms with van der Waals surface area (Å²) in [6.07, 6.45) is 29.5. The van der Waals surface area contributed by atoms with Gasteiger partial charge in [0.2, 0.25) is 0 Å². The predicted molar refractivity (Wildman–Crippen MR) is 201 cm³/mol. The molecule has 51 heavy (non-hydrogen) atoms. The van der Waals surface area contributed by atoms with Crippen LogP contribution < -0.4 is 0 Å². The molecule has 0 saturated carbocycles. The molecule has 0 aromatic heterocycles. The van der Waals surface area contributed by atoms with Gasteiger partial charge < -0.3 is 39.4 Å². The predicted octanol–water partition coefficient (Wildman–Crippen LogP) is 7.10. The van der Waals surface area contributed by atoms with Crippen LogP contribution in [0.5, 0.6) is 0 Å². The fraction of sp³-hybridized carbons (Fsp3) is 0.707. The van der Waals surface area contributed by atoms with E-state index < -0.39 is 55.4 Å². The van der Waals surface area contributed by atoms with Gasteiger partial charge in [0.15, 0.2) is 12.4 Å². The highest BCUT2D eigenvalue weighted by molar-refractivity contribution is 5.70. The molecule has 2 unspecified atom stereocenters. The first-order valence-corrected chi connectivity index (χ1v) is 19.4. The number of aliphatic hydroxyl groups excluding tert-OH is 4.